The van der Waals surface area contributed by atoms with E-state index in [9.17, 15) is 15.0 Å². The van der Waals surface area contributed by atoms with Gasteiger partial charge in [-0.25, -0.2) is 4.79 Å². The average molecular weight is 433 g/mol. The van der Waals surface area contributed by atoms with Gasteiger partial charge in [0.25, 0.3) is 0 Å². The van der Waals surface area contributed by atoms with Crippen molar-refractivity contribution < 1.29 is 24.5 Å². The predicted octanol–water partition coefficient (Wildman–Crippen LogP) is 5.27. The molecule has 3 aromatic carbocycles. The van der Waals surface area contributed by atoms with Crippen molar-refractivity contribution in [1.29, 1.82) is 0 Å². The van der Waals surface area contributed by atoms with Crippen LogP contribution in [-0.2, 0) is 18.0 Å². The topological polar surface area (TPSA) is 76.0 Å². The minimum Gasteiger partial charge on any atom is -0.485 e. The number of carboxylic acid groups (broad SMARTS) is 1. The van der Waals surface area contributed by atoms with Crippen molar-refractivity contribution in [2.75, 3.05) is 0 Å². The Morgan fingerprint density at radius 3 is 1.93 bits per heavy atom. The van der Waals surface area contributed by atoms with Crippen molar-refractivity contribution in [2.45, 2.75) is 19.3 Å². The molecule has 29 heavy (non-hydrogen) atoms. The Balaban J connectivity index is 1.90. The van der Waals surface area contributed by atoms with Gasteiger partial charge in [0.2, 0.25) is 0 Å². The fourth-order valence-electron chi connectivity index (χ4n) is 2.69. The van der Waals surface area contributed by atoms with Gasteiger partial charge in [-0.1, -0.05) is 71.7 Å². The summed E-state index contributed by atoms with van der Waals surface area (Å²) in [5.74, 6) is -0.972. The van der Waals surface area contributed by atoms with Crippen LogP contribution in [-0.4, -0.2) is 16.2 Å². The highest BCUT2D eigenvalue weighted by Gasteiger charge is 2.24. The molecule has 0 fully saturated rings. The summed E-state index contributed by atoms with van der Waals surface area (Å²) in [6.07, 6.45) is -1.76. The smallest absolute Gasteiger partial charge is 0.337 e. The van der Waals surface area contributed by atoms with Crippen molar-refractivity contribution in [3.05, 3.63) is 93.5 Å². The van der Waals surface area contributed by atoms with Crippen molar-refractivity contribution in [3.63, 3.8) is 0 Å². The number of aliphatic hydroxyl groups is 1. The monoisotopic (exact) mass is 432 g/mol. The second kappa shape index (κ2) is 9.65. The molecule has 0 heterocycles. The number of para-hydroxylation sites is 1. The summed E-state index contributed by atoms with van der Waals surface area (Å²) in [4.78, 5) is 11.3. The molecule has 0 spiro atoms. The zero-order valence-electron chi connectivity index (χ0n) is 15.2. The maximum Gasteiger partial charge on any atom is 0.337 e. The highest BCUT2D eigenvalue weighted by molar-refractivity contribution is 6.31. The van der Waals surface area contributed by atoms with E-state index in [1.54, 1.807) is 36.4 Å². The first-order valence-electron chi connectivity index (χ1n) is 8.73. The lowest BCUT2D eigenvalue weighted by molar-refractivity contribution is -0.147. The first-order chi connectivity index (χ1) is 14.0. The van der Waals surface area contributed by atoms with Gasteiger partial charge in [-0.15, -0.1) is 0 Å². The molecule has 3 aromatic rings. The molecule has 0 aromatic heterocycles. The molecule has 5 nitrogen and oxygen atoms in total. The maximum absolute atomic E-state index is 11.3. The summed E-state index contributed by atoms with van der Waals surface area (Å²) in [5, 5.41) is 20.4. The summed E-state index contributed by atoms with van der Waals surface area (Å²) >= 11 is 12.3. The Hall–Kier alpha value is -2.73. The Kier molecular flexibility index (Phi) is 6.99. The molecule has 3 rings (SSSR count). The zero-order valence-corrected chi connectivity index (χ0v) is 16.7. The van der Waals surface area contributed by atoms with E-state index in [-0.39, 0.29) is 30.3 Å². The normalized spacial score (nSPS) is 11.7. The molecule has 0 unspecified atom stereocenters. The van der Waals surface area contributed by atoms with E-state index in [0.29, 0.717) is 15.6 Å². The van der Waals surface area contributed by atoms with Crippen molar-refractivity contribution in [3.8, 4) is 11.5 Å². The van der Waals surface area contributed by atoms with Gasteiger partial charge in [0, 0.05) is 26.7 Å². The van der Waals surface area contributed by atoms with Crippen LogP contribution < -0.4 is 9.47 Å². The summed E-state index contributed by atoms with van der Waals surface area (Å²) in [5.41, 5.74) is 1.56. The van der Waals surface area contributed by atoms with Crippen LogP contribution in [0.3, 0.4) is 0 Å². The minimum absolute atomic E-state index is 0.0749. The van der Waals surface area contributed by atoms with Gasteiger partial charge < -0.3 is 19.7 Å². The van der Waals surface area contributed by atoms with Gasteiger partial charge in [-0.2, -0.15) is 0 Å². The first kappa shape index (κ1) is 21.0. The van der Waals surface area contributed by atoms with Gasteiger partial charge >= 0.3 is 5.97 Å². The van der Waals surface area contributed by atoms with E-state index in [1.807, 2.05) is 24.3 Å². The third kappa shape index (κ3) is 5.21. The molecule has 0 saturated carbocycles. The third-order valence-corrected chi connectivity index (χ3v) is 4.95. The average Bonchev–Trinajstić information content (AvgIpc) is 2.72. The van der Waals surface area contributed by atoms with Crippen LogP contribution in [0.2, 0.25) is 10.0 Å². The summed E-state index contributed by atoms with van der Waals surface area (Å²) in [6, 6.07) is 19.1. The van der Waals surface area contributed by atoms with Crippen LogP contribution in [0.15, 0.2) is 66.7 Å². The number of hydrogen-bond donors (Lipinski definition) is 2. The van der Waals surface area contributed by atoms with Crippen LogP contribution in [0.4, 0.5) is 0 Å². The number of carboxylic acids is 1. The highest BCUT2D eigenvalue weighted by Crippen LogP contribution is 2.37. The quantitative estimate of drug-likeness (QED) is 0.506. The molecule has 1 atom stereocenters. The maximum atomic E-state index is 11.3. The molecule has 0 amide bonds. The molecule has 7 heteroatoms. The number of carbonyl (C=O) groups is 1. The van der Waals surface area contributed by atoms with Gasteiger partial charge in [0.15, 0.2) is 17.6 Å². The molecule has 0 radical (unpaired) electrons. The standard InChI is InChI=1S/C22H18Cl2O5/c23-17-9-3-1-6-14(17)12-28-19-11-5-8-16(20(25)22(26)27)21(19)29-13-15-7-2-4-10-18(15)24/h1-11,20,25H,12-13H2,(H,26,27)/t20-/m1/s1. The molecule has 0 bridgehead atoms. The number of aliphatic carboxylic acids is 1. The van der Waals surface area contributed by atoms with E-state index in [1.165, 1.54) is 6.07 Å². The second-order valence-electron chi connectivity index (χ2n) is 6.18. The molecular formula is C22H18Cl2O5. The number of halogens is 2. The van der Waals surface area contributed by atoms with E-state index in [2.05, 4.69) is 0 Å². The highest BCUT2D eigenvalue weighted by atomic mass is 35.5. The van der Waals surface area contributed by atoms with Crippen LogP contribution in [0.1, 0.15) is 22.8 Å². The molecule has 0 aliphatic rings. The Bertz CT molecular complexity index is 1010. The Morgan fingerprint density at radius 1 is 0.828 bits per heavy atom. The van der Waals surface area contributed by atoms with Crippen LogP contribution in [0, 0.1) is 0 Å². The van der Waals surface area contributed by atoms with Gasteiger partial charge in [-0.05, 0) is 18.2 Å². The molecule has 150 valence electrons. The SMILES string of the molecule is O=C(O)[C@H](O)c1cccc(OCc2ccccc2Cl)c1OCc1ccccc1Cl. The van der Waals surface area contributed by atoms with E-state index in [4.69, 9.17) is 32.7 Å². The fourth-order valence-corrected chi connectivity index (χ4v) is 3.07. The number of benzene rings is 3. The van der Waals surface area contributed by atoms with Gasteiger partial charge in [-0.3, -0.25) is 0 Å². The number of aliphatic hydroxyl groups excluding tert-OH is 1. The molecule has 0 aliphatic carbocycles. The van der Waals surface area contributed by atoms with E-state index < -0.39 is 12.1 Å². The summed E-state index contributed by atoms with van der Waals surface area (Å²) in [6.45, 7) is 0.222. The molecule has 2 N–H and O–H groups in total. The summed E-state index contributed by atoms with van der Waals surface area (Å²) < 4.78 is 11.7. The molecular weight excluding hydrogens is 415 g/mol. The van der Waals surface area contributed by atoms with Crippen LogP contribution in [0.5, 0.6) is 11.5 Å². The fraction of sp³-hybridized carbons (Fsp3) is 0.136. The van der Waals surface area contributed by atoms with Crippen LogP contribution >= 0.6 is 23.2 Å². The van der Waals surface area contributed by atoms with E-state index >= 15 is 0 Å². The second-order valence-corrected chi connectivity index (χ2v) is 6.99. The Labute approximate surface area is 178 Å². The predicted molar refractivity (Wildman–Crippen MR) is 111 cm³/mol. The van der Waals surface area contributed by atoms with Crippen LogP contribution in [0.25, 0.3) is 0 Å². The van der Waals surface area contributed by atoms with Gasteiger partial charge in [0.1, 0.15) is 13.2 Å². The van der Waals surface area contributed by atoms with Crippen molar-refractivity contribution in [2.24, 2.45) is 0 Å². The lowest BCUT2D eigenvalue weighted by Gasteiger charge is -2.18. The summed E-state index contributed by atoms with van der Waals surface area (Å²) in [7, 11) is 0. The largest absolute Gasteiger partial charge is 0.485 e. The van der Waals surface area contributed by atoms with Crippen molar-refractivity contribution in [1.82, 2.24) is 0 Å². The molecule has 0 saturated heterocycles. The zero-order chi connectivity index (χ0) is 20.8. The number of ether oxygens (including phenoxy) is 2. The lowest BCUT2D eigenvalue weighted by Crippen LogP contribution is -2.13. The number of rotatable bonds is 8. The molecule has 0 aliphatic heterocycles. The van der Waals surface area contributed by atoms with Gasteiger partial charge in [0.05, 0.1) is 0 Å². The Morgan fingerprint density at radius 2 is 1.38 bits per heavy atom. The van der Waals surface area contributed by atoms with Crippen molar-refractivity contribution >= 4 is 29.2 Å². The minimum atomic E-state index is -1.76. The third-order valence-electron chi connectivity index (χ3n) is 4.21. The van der Waals surface area contributed by atoms with E-state index in [0.717, 1.165) is 5.56 Å². The lowest BCUT2D eigenvalue weighted by atomic mass is 10.1. The number of hydrogen-bond acceptors (Lipinski definition) is 4. The first-order valence-corrected chi connectivity index (χ1v) is 9.49.